The minimum Gasteiger partial charge on any atom is -0.467 e. The fraction of sp³-hybridized carbons (Fsp3) is 0.423. The highest BCUT2D eigenvalue weighted by Gasteiger charge is 2.29. The standard InChI is InChI=1S/C26H31NO4/c1-6-20-19-10-8-16(3)22(14-19)21-12-18(9-7-15(21)2)13-23(26(30)31-5)27-25(29)17(4)11-24(20)28/h7-10,12,14,17,20,23H,6,11,13H2,1-5H3,(H,27,29)/t17-,20+,23+/m1/s1. The highest BCUT2D eigenvalue weighted by molar-refractivity contribution is 5.92. The van der Waals surface area contributed by atoms with E-state index in [0.29, 0.717) is 12.8 Å². The number of aryl methyl sites for hydroxylation is 2. The average molecular weight is 422 g/mol. The molecule has 3 atom stereocenters. The molecular formula is C26H31NO4. The highest BCUT2D eigenvalue weighted by atomic mass is 16.5. The fourth-order valence-corrected chi connectivity index (χ4v) is 4.30. The van der Waals surface area contributed by atoms with Crippen LogP contribution < -0.4 is 5.32 Å². The maximum Gasteiger partial charge on any atom is 0.328 e. The Bertz CT molecular complexity index is 1010. The number of ether oxygens (including phenoxy) is 1. The quantitative estimate of drug-likeness (QED) is 0.735. The van der Waals surface area contributed by atoms with E-state index in [4.69, 9.17) is 4.74 Å². The number of hydrogen-bond acceptors (Lipinski definition) is 4. The predicted octanol–water partition coefficient (Wildman–Crippen LogP) is 4.27. The number of amides is 1. The van der Waals surface area contributed by atoms with Gasteiger partial charge in [-0.1, -0.05) is 50.2 Å². The summed E-state index contributed by atoms with van der Waals surface area (Å²) < 4.78 is 4.93. The van der Waals surface area contributed by atoms with E-state index in [1.807, 2.05) is 25.1 Å². The van der Waals surface area contributed by atoms with Gasteiger partial charge in [0.1, 0.15) is 11.8 Å². The number of carbonyl (C=O) groups is 3. The molecular weight excluding hydrogens is 390 g/mol. The molecule has 4 bridgehead atoms. The second kappa shape index (κ2) is 9.46. The van der Waals surface area contributed by atoms with Crippen LogP contribution in [0.1, 0.15) is 54.9 Å². The summed E-state index contributed by atoms with van der Waals surface area (Å²) in [6, 6.07) is 11.5. The van der Waals surface area contributed by atoms with Crippen molar-refractivity contribution >= 4 is 17.7 Å². The Hall–Kier alpha value is -2.95. The minimum atomic E-state index is -0.803. The summed E-state index contributed by atoms with van der Waals surface area (Å²) >= 11 is 0. The van der Waals surface area contributed by atoms with Crippen molar-refractivity contribution in [3.63, 3.8) is 0 Å². The third kappa shape index (κ3) is 4.87. The molecule has 0 fully saturated rings. The number of benzene rings is 2. The van der Waals surface area contributed by atoms with Crippen LogP contribution in [0.4, 0.5) is 0 Å². The molecule has 1 aliphatic rings. The number of Topliss-reactive ketones (excluding diaryl/α,β-unsaturated/α-hetero) is 1. The molecule has 164 valence electrons. The van der Waals surface area contributed by atoms with Gasteiger partial charge in [-0.2, -0.15) is 0 Å². The Kier molecular flexibility index (Phi) is 6.94. The summed E-state index contributed by atoms with van der Waals surface area (Å²) in [7, 11) is 1.31. The molecule has 2 aromatic carbocycles. The molecule has 1 amide bonds. The first kappa shape index (κ1) is 22.7. The Morgan fingerprint density at radius 3 is 2.32 bits per heavy atom. The highest BCUT2D eigenvalue weighted by Crippen LogP contribution is 2.33. The summed E-state index contributed by atoms with van der Waals surface area (Å²) in [6.45, 7) is 7.84. The van der Waals surface area contributed by atoms with Crippen LogP contribution in [-0.2, 0) is 25.5 Å². The van der Waals surface area contributed by atoms with Gasteiger partial charge in [0.2, 0.25) is 5.91 Å². The van der Waals surface area contributed by atoms with Gasteiger partial charge in [0.05, 0.1) is 7.11 Å². The molecule has 0 unspecified atom stereocenters. The third-order valence-corrected chi connectivity index (χ3v) is 6.25. The number of rotatable bonds is 2. The lowest BCUT2D eigenvalue weighted by atomic mass is 9.84. The van der Waals surface area contributed by atoms with E-state index in [-0.39, 0.29) is 24.0 Å². The first-order valence-electron chi connectivity index (χ1n) is 10.9. The molecule has 2 aromatic rings. The van der Waals surface area contributed by atoms with E-state index in [9.17, 15) is 14.4 Å². The molecule has 0 aromatic heterocycles. The lowest BCUT2D eigenvalue weighted by Crippen LogP contribution is -2.45. The predicted molar refractivity (Wildman–Crippen MR) is 121 cm³/mol. The van der Waals surface area contributed by atoms with Crippen LogP contribution in [0.2, 0.25) is 0 Å². The molecule has 5 heteroatoms. The molecule has 3 rings (SSSR count). The van der Waals surface area contributed by atoms with Gasteiger partial charge in [0.15, 0.2) is 0 Å². The second-order valence-electron chi connectivity index (χ2n) is 8.54. The van der Waals surface area contributed by atoms with Crippen molar-refractivity contribution in [1.29, 1.82) is 0 Å². The van der Waals surface area contributed by atoms with Gasteiger partial charge in [-0.3, -0.25) is 9.59 Å². The number of fused-ring (bicyclic) bond motifs is 5. The molecule has 5 nitrogen and oxygen atoms in total. The van der Waals surface area contributed by atoms with Gasteiger partial charge >= 0.3 is 5.97 Å². The lowest BCUT2D eigenvalue weighted by molar-refractivity contribution is -0.145. The Morgan fingerprint density at radius 1 is 1.03 bits per heavy atom. The minimum absolute atomic E-state index is 0.0390. The number of hydrogen-bond donors (Lipinski definition) is 1. The van der Waals surface area contributed by atoms with Crippen molar-refractivity contribution in [1.82, 2.24) is 5.32 Å². The van der Waals surface area contributed by atoms with Crippen molar-refractivity contribution in [3.05, 3.63) is 58.7 Å². The molecule has 0 spiro atoms. The first-order valence-corrected chi connectivity index (χ1v) is 10.9. The third-order valence-electron chi connectivity index (χ3n) is 6.25. The fourth-order valence-electron chi connectivity index (χ4n) is 4.30. The maximum absolute atomic E-state index is 13.1. The number of nitrogens with one attached hydrogen (secondary N) is 1. The largest absolute Gasteiger partial charge is 0.467 e. The number of carbonyl (C=O) groups excluding carboxylic acids is 3. The van der Waals surface area contributed by atoms with Crippen molar-refractivity contribution in [2.45, 2.75) is 58.9 Å². The monoisotopic (exact) mass is 421 g/mol. The van der Waals surface area contributed by atoms with Crippen LogP contribution in [0, 0.1) is 19.8 Å². The second-order valence-corrected chi connectivity index (χ2v) is 8.54. The molecule has 1 heterocycles. The molecule has 31 heavy (non-hydrogen) atoms. The normalized spacial score (nSPS) is 21.8. The van der Waals surface area contributed by atoms with Crippen LogP contribution in [0.15, 0.2) is 36.4 Å². The van der Waals surface area contributed by atoms with Gasteiger partial charge in [-0.25, -0.2) is 4.79 Å². The van der Waals surface area contributed by atoms with Crippen LogP contribution in [-0.4, -0.2) is 30.8 Å². The van der Waals surface area contributed by atoms with Crippen LogP contribution in [0.25, 0.3) is 11.1 Å². The molecule has 0 radical (unpaired) electrons. The molecule has 1 N–H and O–H groups in total. The molecule has 1 aliphatic heterocycles. The van der Waals surface area contributed by atoms with E-state index < -0.39 is 17.9 Å². The van der Waals surface area contributed by atoms with Gasteiger partial charge in [0.25, 0.3) is 0 Å². The first-order chi connectivity index (χ1) is 14.7. The van der Waals surface area contributed by atoms with Gasteiger partial charge in [0, 0.05) is 24.7 Å². The molecule has 0 saturated carbocycles. The van der Waals surface area contributed by atoms with E-state index in [1.54, 1.807) is 6.92 Å². The zero-order valence-corrected chi connectivity index (χ0v) is 19.0. The maximum atomic E-state index is 13.1. The summed E-state index contributed by atoms with van der Waals surface area (Å²) in [5.41, 5.74) is 6.32. The summed E-state index contributed by atoms with van der Waals surface area (Å²) in [5, 5.41) is 2.80. The SMILES string of the molecule is CC[C@@H]1C(=O)C[C@@H](C)C(=O)N[C@H](C(=O)OC)Cc2ccc(C)c(c2)-c2cc1ccc2C. The molecule has 0 aliphatic carbocycles. The zero-order valence-electron chi connectivity index (χ0n) is 19.0. The van der Waals surface area contributed by atoms with Crippen molar-refractivity contribution in [3.8, 4) is 11.1 Å². The van der Waals surface area contributed by atoms with E-state index in [0.717, 1.165) is 33.4 Å². The van der Waals surface area contributed by atoms with Crippen molar-refractivity contribution < 1.29 is 19.1 Å². The van der Waals surface area contributed by atoms with E-state index in [1.165, 1.54) is 7.11 Å². The van der Waals surface area contributed by atoms with Crippen molar-refractivity contribution in [2.75, 3.05) is 7.11 Å². The van der Waals surface area contributed by atoms with Crippen LogP contribution in [0.3, 0.4) is 0 Å². The van der Waals surface area contributed by atoms with E-state index in [2.05, 4.69) is 37.4 Å². The Balaban J connectivity index is 2.18. The number of esters is 1. The summed E-state index contributed by atoms with van der Waals surface area (Å²) in [6.07, 6.45) is 1.12. The smallest absolute Gasteiger partial charge is 0.328 e. The van der Waals surface area contributed by atoms with Crippen molar-refractivity contribution in [2.24, 2.45) is 5.92 Å². The van der Waals surface area contributed by atoms with Gasteiger partial charge in [-0.15, -0.1) is 0 Å². The Morgan fingerprint density at radius 2 is 1.68 bits per heavy atom. The summed E-state index contributed by atoms with van der Waals surface area (Å²) in [4.78, 5) is 38.3. The number of methoxy groups -OCH3 is 1. The van der Waals surface area contributed by atoms with Crippen LogP contribution >= 0.6 is 0 Å². The van der Waals surface area contributed by atoms with Gasteiger partial charge < -0.3 is 10.1 Å². The number of ketones is 1. The molecule has 0 saturated heterocycles. The topological polar surface area (TPSA) is 72.5 Å². The Labute approximate surface area is 184 Å². The van der Waals surface area contributed by atoms with E-state index >= 15 is 0 Å². The lowest BCUT2D eigenvalue weighted by Gasteiger charge is -2.23. The van der Waals surface area contributed by atoms with Crippen LogP contribution in [0.5, 0.6) is 0 Å². The van der Waals surface area contributed by atoms with Gasteiger partial charge in [-0.05, 0) is 53.6 Å². The zero-order chi connectivity index (χ0) is 22.7. The summed E-state index contributed by atoms with van der Waals surface area (Å²) in [5.74, 6) is -1.57. The average Bonchev–Trinajstić information content (AvgIpc) is 2.75.